The molecular weight excluding hydrogens is 218 g/mol. The molecule has 0 heterocycles. The van der Waals surface area contributed by atoms with E-state index in [4.69, 9.17) is 0 Å². The maximum Gasteiger partial charge on any atom is 0.0621 e. The fourth-order valence-electron chi connectivity index (χ4n) is 2.98. The van der Waals surface area contributed by atoms with Gasteiger partial charge in [0, 0.05) is 22.7 Å². The van der Waals surface area contributed by atoms with Crippen LogP contribution in [0.15, 0.2) is 0 Å². The third kappa shape index (κ3) is 2.41. The highest BCUT2D eigenvalue weighted by molar-refractivity contribution is 7.99. The highest BCUT2D eigenvalue weighted by Crippen LogP contribution is 2.41. The Morgan fingerprint density at radius 1 is 1.25 bits per heavy atom. The van der Waals surface area contributed by atoms with Gasteiger partial charge in [0.25, 0.3) is 0 Å². The molecule has 2 N–H and O–H groups in total. The first kappa shape index (κ1) is 12.7. The molecule has 0 aromatic heterocycles. The van der Waals surface area contributed by atoms with Gasteiger partial charge in [-0.3, -0.25) is 0 Å². The lowest BCUT2D eigenvalue weighted by Crippen LogP contribution is -2.62. The Morgan fingerprint density at radius 3 is 2.56 bits per heavy atom. The normalized spacial score (nSPS) is 42.8. The van der Waals surface area contributed by atoms with Crippen molar-refractivity contribution in [1.82, 2.24) is 5.32 Å². The van der Waals surface area contributed by atoms with E-state index in [0.29, 0.717) is 12.1 Å². The molecule has 3 heteroatoms. The Morgan fingerprint density at radius 2 is 2.00 bits per heavy atom. The Balaban J connectivity index is 1.82. The quantitative estimate of drug-likeness (QED) is 0.798. The van der Waals surface area contributed by atoms with Gasteiger partial charge >= 0.3 is 0 Å². The molecule has 2 fully saturated rings. The van der Waals surface area contributed by atoms with E-state index in [1.165, 1.54) is 25.7 Å². The minimum absolute atomic E-state index is 0.0757. The summed E-state index contributed by atoms with van der Waals surface area (Å²) in [5, 5.41) is 14.3. The van der Waals surface area contributed by atoms with Crippen LogP contribution in [0.5, 0.6) is 0 Å². The maximum absolute atomic E-state index is 9.73. The van der Waals surface area contributed by atoms with Crippen LogP contribution in [0.4, 0.5) is 0 Å². The summed E-state index contributed by atoms with van der Waals surface area (Å²) in [6.07, 6.45) is 8.43. The second kappa shape index (κ2) is 4.87. The third-order valence-electron chi connectivity index (χ3n) is 4.61. The standard InChI is InChI=1S/C13H25NOS/c1-13(2)11(8-12(13)15)14-9-5-4-6-10(7-9)16-3/h9-12,14-15H,4-8H2,1-3H3. The summed E-state index contributed by atoms with van der Waals surface area (Å²) in [5.41, 5.74) is 0.0757. The van der Waals surface area contributed by atoms with Crippen LogP contribution in [0.25, 0.3) is 0 Å². The highest BCUT2D eigenvalue weighted by atomic mass is 32.2. The Bertz CT molecular complexity index is 244. The van der Waals surface area contributed by atoms with Crippen molar-refractivity contribution >= 4 is 11.8 Å². The maximum atomic E-state index is 9.73. The van der Waals surface area contributed by atoms with Crippen LogP contribution in [0.2, 0.25) is 0 Å². The van der Waals surface area contributed by atoms with E-state index in [9.17, 15) is 5.11 Å². The fraction of sp³-hybridized carbons (Fsp3) is 1.00. The van der Waals surface area contributed by atoms with Crippen molar-refractivity contribution in [3.63, 3.8) is 0 Å². The first-order chi connectivity index (χ1) is 7.54. The number of nitrogens with one attached hydrogen (secondary N) is 1. The van der Waals surface area contributed by atoms with Crippen molar-refractivity contribution in [1.29, 1.82) is 0 Å². The molecule has 0 amide bonds. The highest BCUT2D eigenvalue weighted by Gasteiger charge is 2.47. The number of rotatable bonds is 3. The van der Waals surface area contributed by atoms with Crippen LogP contribution in [0.1, 0.15) is 46.0 Å². The van der Waals surface area contributed by atoms with E-state index < -0.39 is 0 Å². The summed E-state index contributed by atoms with van der Waals surface area (Å²) in [6, 6.07) is 1.20. The SMILES string of the molecule is CSC1CCCC(NC2CC(O)C2(C)C)C1. The summed E-state index contributed by atoms with van der Waals surface area (Å²) in [4.78, 5) is 0. The summed E-state index contributed by atoms with van der Waals surface area (Å²) in [5.74, 6) is 0. The predicted octanol–water partition coefficient (Wildman–Crippen LogP) is 2.41. The van der Waals surface area contributed by atoms with E-state index in [1.54, 1.807) is 0 Å². The Hall–Kier alpha value is 0.270. The van der Waals surface area contributed by atoms with Crippen molar-refractivity contribution in [2.24, 2.45) is 5.41 Å². The first-order valence-electron chi connectivity index (χ1n) is 6.51. The summed E-state index contributed by atoms with van der Waals surface area (Å²) in [7, 11) is 0. The van der Waals surface area contributed by atoms with Gasteiger partial charge in [-0.15, -0.1) is 0 Å². The second-order valence-corrected chi connectivity index (χ2v) is 7.15. The van der Waals surface area contributed by atoms with Crippen LogP contribution < -0.4 is 5.32 Å². The summed E-state index contributed by atoms with van der Waals surface area (Å²) < 4.78 is 0. The average molecular weight is 243 g/mol. The van der Waals surface area contributed by atoms with Crippen molar-refractivity contribution in [2.45, 2.75) is 69.4 Å². The third-order valence-corrected chi connectivity index (χ3v) is 5.71. The topological polar surface area (TPSA) is 32.3 Å². The minimum Gasteiger partial charge on any atom is -0.392 e. The number of hydrogen-bond acceptors (Lipinski definition) is 3. The molecule has 0 radical (unpaired) electrons. The van der Waals surface area contributed by atoms with Gasteiger partial charge in [-0.25, -0.2) is 0 Å². The molecule has 2 aliphatic rings. The van der Waals surface area contributed by atoms with Gasteiger partial charge in [-0.05, 0) is 31.9 Å². The molecule has 0 aromatic carbocycles. The summed E-state index contributed by atoms with van der Waals surface area (Å²) in [6.45, 7) is 4.35. The van der Waals surface area contributed by atoms with Crippen LogP contribution in [-0.2, 0) is 0 Å². The van der Waals surface area contributed by atoms with E-state index in [0.717, 1.165) is 11.7 Å². The largest absolute Gasteiger partial charge is 0.392 e. The average Bonchev–Trinajstić information content (AvgIpc) is 2.29. The smallest absolute Gasteiger partial charge is 0.0621 e. The molecule has 0 bridgehead atoms. The number of thioether (sulfide) groups is 1. The zero-order valence-electron chi connectivity index (χ0n) is 10.7. The Labute approximate surface area is 104 Å². The van der Waals surface area contributed by atoms with Crippen LogP contribution in [0.3, 0.4) is 0 Å². The molecule has 16 heavy (non-hydrogen) atoms. The van der Waals surface area contributed by atoms with Crippen molar-refractivity contribution in [2.75, 3.05) is 6.26 Å². The van der Waals surface area contributed by atoms with E-state index >= 15 is 0 Å². The lowest BCUT2D eigenvalue weighted by Gasteiger charge is -2.51. The summed E-state index contributed by atoms with van der Waals surface area (Å²) >= 11 is 2.01. The molecule has 94 valence electrons. The molecule has 4 unspecified atom stereocenters. The fourth-order valence-corrected chi connectivity index (χ4v) is 3.81. The second-order valence-electron chi connectivity index (χ2n) is 6.01. The molecule has 0 aromatic rings. The van der Waals surface area contributed by atoms with Crippen LogP contribution in [0, 0.1) is 5.41 Å². The van der Waals surface area contributed by atoms with Gasteiger partial charge in [-0.2, -0.15) is 11.8 Å². The molecule has 0 aliphatic heterocycles. The van der Waals surface area contributed by atoms with E-state index in [1.807, 2.05) is 11.8 Å². The van der Waals surface area contributed by atoms with Crippen molar-refractivity contribution < 1.29 is 5.11 Å². The number of aliphatic hydroxyl groups excluding tert-OH is 1. The Kier molecular flexibility index (Phi) is 3.87. The minimum atomic E-state index is -0.107. The lowest BCUT2D eigenvalue weighted by atomic mass is 9.64. The first-order valence-corrected chi connectivity index (χ1v) is 7.79. The van der Waals surface area contributed by atoms with E-state index in [2.05, 4.69) is 25.4 Å². The molecular formula is C13H25NOS. The molecule has 0 spiro atoms. The zero-order valence-corrected chi connectivity index (χ0v) is 11.5. The van der Waals surface area contributed by atoms with Gasteiger partial charge in [-0.1, -0.05) is 20.3 Å². The van der Waals surface area contributed by atoms with Crippen LogP contribution in [-0.4, -0.2) is 34.8 Å². The predicted molar refractivity (Wildman–Crippen MR) is 70.9 cm³/mol. The van der Waals surface area contributed by atoms with Crippen molar-refractivity contribution in [3.05, 3.63) is 0 Å². The lowest BCUT2D eigenvalue weighted by molar-refractivity contribution is -0.0769. The number of hydrogen-bond donors (Lipinski definition) is 2. The van der Waals surface area contributed by atoms with Crippen LogP contribution >= 0.6 is 11.8 Å². The molecule has 2 nitrogen and oxygen atoms in total. The molecule has 2 rings (SSSR count). The van der Waals surface area contributed by atoms with Gasteiger partial charge in [0.1, 0.15) is 0 Å². The van der Waals surface area contributed by atoms with Gasteiger partial charge < -0.3 is 10.4 Å². The molecule has 4 atom stereocenters. The van der Waals surface area contributed by atoms with Crippen molar-refractivity contribution in [3.8, 4) is 0 Å². The number of aliphatic hydroxyl groups is 1. The van der Waals surface area contributed by atoms with E-state index in [-0.39, 0.29) is 11.5 Å². The van der Waals surface area contributed by atoms with Gasteiger partial charge in [0.05, 0.1) is 6.10 Å². The van der Waals surface area contributed by atoms with Gasteiger partial charge in [0.15, 0.2) is 0 Å². The molecule has 2 aliphatic carbocycles. The molecule has 0 saturated heterocycles. The molecule has 2 saturated carbocycles. The zero-order chi connectivity index (χ0) is 11.8. The van der Waals surface area contributed by atoms with Gasteiger partial charge in [0.2, 0.25) is 0 Å². The monoisotopic (exact) mass is 243 g/mol.